The summed E-state index contributed by atoms with van der Waals surface area (Å²) >= 11 is 0. The molecule has 2 heterocycles. The minimum Gasteiger partial charge on any atom is -0.494 e. The van der Waals surface area contributed by atoms with Crippen molar-refractivity contribution >= 4 is 27.2 Å². The molecule has 12 heteroatoms. The number of aromatic hydroxyl groups is 1. The van der Waals surface area contributed by atoms with E-state index in [0.717, 1.165) is 29.4 Å². The van der Waals surface area contributed by atoms with Crippen molar-refractivity contribution in [2.24, 2.45) is 0 Å². The van der Waals surface area contributed by atoms with Crippen LogP contribution in [0.3, 0.4) is 0 Å². The predicted molar refractivity (Wildman–Crippen MR) is 120 cm³/mol. The van der Waals surface area contributed by atoms with Gasteiger partial charge in [0, 0.05) is 19.0 Å². The lowest BCUT2D eigenvalue weighted by Crippen LogP contribution is -2.44. The van der Waals surface area contributed by atoms with Crippen LogP contribution < -0.4 is 10.2 Å². The molecule has 0 saturated carbocycles. The summed E-state index contributed by atoms with van der Waals surface area (Å²) < 4.78 is 66.3. The van der Waals surface area contributed by atoms with Gasteiger partial charge in [-0.05, 0) is 42.8 Å². The quantitative estimate of drug-likeness (QED) is 0.545. The van der Waals surface area contributed by atoms with Gasteiger partial charge in [0.2, 0.25) is 0 Å². The van der Waals surface area contributed by atoms with Gasteiger partial charge >= 0.3 is 12.2 Å². The average molecular weight is 504 g/mol. The molecule has 8 nitrogen and oxygen atoms in total. The molecule has 1 aromatic heterocycles. The van der Waals surface area contributed by atoms with Gasteiger partial charge in [-0.3, -0.25) is 4.90 Å². The molecule has 35 heavy (non-hydrogen) atoms. The third-order valence-corrected chi connectivity index (χ3v) is 6.85. The van der Waals surface area contributed by atoms with Crippen LogP contribution in [0.5, 0.6) is 5.88 Å². The maximum Gasteiger partial charge on any atom is 0.416 e. The maximum atomic E-state index is 13.3. The molecule has 1 atom stereocenters. The molecule has 182 valence electrons. The number of sulfone groups is 1. The molecule has 2 N–H and O–H groups in total. The van der Waals surface area contributed by atoms with Crippen molar-refractivity contribution in [1.29, 1.82) is 5.26 Å². The van der Waals surface area contributed by atoms with Gasteiger partial charge in [-0.2, -0.15) is 18.4 Å². The fourth-order valence-electron chi connectivity index (χ4n) is 4.09. The summed E-state index contributed by atoms with van der Waals surface area (Å²) in [5.74, 6) is -0.284. The van der Waals surface area contributed by atoms with Crippen molar-refractivity contribution in [2.45, 2.75) is 30.6 Å². The summed E-state index contributed by atoms with van der Waals surface area (Å²) in [6.45, 7) is 1.98. The molecule has 4 rings (SSSR count). The van der Waals surface area contributed by atoms with Crippen molar-refractivity contribution in [2.75, 3.05) is 11.2 Å². The number of alkyl halides is 3. The molecule has 2 aromatic carbocycles. The van der Waals surface area contributed by atoms with Crippen LogP contribution in [-0.2, 0) is 22.6 Å². The number of nitrogens with one attached hydrogen (secondary N) is 1. The van der Waals surface area contributed by atoms with Crippen LogP contribution in [-0.4, -0.2) is 30.4 Å². The molecule has 0 bridgehead atoms. The van der Waals surface area contributed by atoms with Crippen molar-refractivity contribution in [1.82, 2.24) is 9.88 Å². The lowest BCUT2D eigenvalue weighted by Gasteiger charge is -2.34. The van der Waals surface area contributed by atoms with Gasteiger partial charge in [0.05, 0.1) is 45.1 Å². The molecule has 0 unspecified atom stereocenters. The number of aryl methyl sites for hydroxylation is 1. The van der Waals surface area contributed by atoms with Gasteiger partial charge in [-0.15, -0.1) is 0 Å². The Bertz CT molecular complexity index is 1490. The Morgan fingerprint density at radius 1 is 1.20 bits per heavy atom. The fourth-order valence-corrected chi connectivity index (χ4v) is 5.04. The number of anilines is 2. The number of hydrogen-bond donors (Lipinski definition) is 2. The second kappa shape index (κ2) is 8.35. The highest BCUT2D eigenvalue weighted by molar-refractivity contribution is 7.90. The number of fused-ring (bicyclic) bond motifs is 1. The Balaban J connectivity index is 1.96. The number of urea groups is 1. The van der Waals surface area contributed by atoms with E-state index in [1.54, 1.807) is 6.92 Å². The minimum absolute atomic E-state index is 0.0810. The number of carbonyl (C=O) groups excluding carboxylic acids is 1. The topological polar surface area (TPSA) is 115 Å². The minimum atomic E-state index is -4.64. The van der Waals surface area contributed by atoms with Crippen molar-refractivity contribution in [3.8, 4) is 11.9 Å². The number of rotatable bonds is 4. The SMILES string of the molecule is CCn1cc2c(c1O)[C@@H](c1ccc(C#N)cc1S(C)(=O)=O)NC(=O)N2c1cccc(C(F)(F)F)c1. The molecule has 0 saturated heterocycles. The standard InChI is InChI=1S/C23H19F3N4O4S/c1-3-29-12-17-19(21(29)31)20(16-8-7-13(11-27)9-18(16)35(2,33)34)28-22(32)30(17)15-6-4-5-14(10-15)23(24,25)26/h4-10,12,20,31H,3H2,1-2H3,(H,28,32)/t20-/m1/s1. The van der Waals surface area contributed by atoms with E-state index < -0.39 is 33.6 Å². The van der Waals surface area contributed by atoms with Crippen LogP contribution in [0.25, 0.3) is 0 Å². The lowest BCUT2D eigenvalue weighted by molar-refractivity contribution is -0.137. The number of amides is 2. The number of carbonyl (C=O) groups is 1. The average Bonchev–Trinajstić information content (AvgIpc) is 3.13. The molecule has 2 amide bonds. The fraction of sp³-hybridized carbons (Fsp3) is 0.217. The second-order valence-electron chi connectivity index (χ2n) is 7.94. The van der Waals surface area contributed by atoms with Crippen LogP contribution in [0.1, 0.15) is 35.2 Å². The summed E-state index contributed by atoms with van der Waals surface area (Å²) in [5.41, 5.74) is -0.656. The zero-order valence-corrected chi connectivity index (χ0v) is 19.3. The second-order valence-corrected chi connectivity index (χ2v) is 9.92. The van der Waals surface area contributed by atoms with E-state index in [0.29, 0.717) is 0 Å². The monoisotopic (exact) mass is 504 g/mol. The van der Waals surface area contributed by atoms with Crippen LogP contribution >= 0.6 is 0 Å². The maximum absolute atomic E-state index is 13.3. The first kappa shape index (κ1) is 24.2. The van der Waals surface area contributed by atoms with Gasteiger partial charge in [0.25, 0.3) is 0 Å². The third-order valence-electron chi connectivity index (χ3n) is 5.69. The first-order valence-electron chi connectivity index (χ1n) is 10.3. The Morgan fingerprint density at radius 3 is 2.51 bits per heavy atom. The van der Waals surface area contributed by atoms with Crippen LogP contribution in [0, 0.1) is 11.3 Å². The third kappa shape index (κ3) is 4.19. The first-order valence-corrected chi connectivity index (χ1v) is 12.2. The van der Waals surface area contributed by atoms with Gasteiger partial charge in [-0.1, -0.05) is 12.1 Å². The molecular formula is C23H19F3N4O4S. The number of benzene rings is 2. The Hall–Kier alpha value is -3.98. The van der Waals surface area contributed by atoms with Crippen LogP contribution in [0.4, 0.5) is 29.3 Å². The Morgan fingerprint density at radius 2 is 1.91 bits per heavy atom. The van der Waals surface area contributed by atoms with E-state index in [1.807, 2.05) is 6.07 Å². The number of nitriles is 1. The van der Waals surface area contributed by atoms with Crippen LogP contribution in [0.15, 0.2) is 53.6 Å². The summed E-state index contributed by atoms with van der Waals surface area (Å²) in [6.07, 6.45) is -2.27. The molecule has 0 fully saturated rings. The molecular weight excluding hydrogens is 485 g/mol. The highest BCUT2D eigenvalue weighted by atomic mass is 32.2. The number of hydrogen-bond acceptors (Lipinski definition) is 5. The van der Waals surface area contributed by atoms with E-state index in [4.69, 9.17) is 0 Å². The zero-order valence-electron chi connectivity index (χ0n) is 18.5. The van der Waals surface area contributed by atoms with Crippen molar-refractivity contribution < 1.29 is 31.5 Å². The predicted octanol–water partition coefficient (Wildman–Crippen LogP) is 4.46. The van der Waals surface area contributed by atoms with Crippen molar-refractivity contribution in [3.63, 3.8) is 0 Å². The van der Waals surface area contributed by atoms with Crippen LogP contribution in [0.2, 0.25) is 0 Å². The summed E-state index contributed by atoms with van der Waals surface area (Å²) in [5, 5.41) is 22.8. The van der Waals surface area contributed by atoms with Crippen molar-refractivity contribution in [3.05, 3.63) is 70.9 Å². The van der Waals surface area contributed by atoms with E-state index in [2.05, 4.69) is 5.32 Å². The summed E-state index contributed by atoms with van der Waals surface area (Å²) in [4.78, 5) is 14.0. The molecule has 0 radical (unpaired) electrons. The molecule has 0 aliphatic carbocycles. The van der Waals surface area contributed by atoms with E-state index in [1.165, 1.54) is 35.0 Å². The Kier molecular flexibility index (Phi) is 5.76. The number of aromatic nitrogens is 1. The summed E-state index contributed by atoms with van der Waals surface area (Å²) in [7, 11) is -3.86. The molecule has 1 aliphatic heterocycles. The summed E-state index contributed by atoms with van der Waals surface area (Å²) in [6, 6.07) is 7.98. The normalized spacial score (nSPS) is 15.9. The van der Waals surface area contributed by atoms with Gasteiger partial charge in [0.15, 0.2) is 15.7 Å². The molecule has 0 spiro atoms. The van der Waals surface area contributed by atoms with Gasteiger partial charge < -0.3 is 15.0 Å². The van der Waals surface area contributed by atoms with E-state index >= 15 is 0 Å². The number of nitrogens with zero attached hydrogens (tertiary/aromatic N) is 3. The Labute approximate surface area is 198 Å². The van der Waals surface area contributed by atoms with Gasteiger partial charge in [-0.25, -0.2) is 13.2 Å². The lowest BCUT2D eigenvalue weighted by atomic mass is 9.96. The zero-order chi connectivity index (χ0) is 25.7. The first-order chi connectivity index (χ1) is 16.4. The highest BCUT2D eigenvalue weighted by Crippen LogP contribution is 2.46. The van der Waals surface area contributed by atoms with E-state index in [9.17, 15) is 36.8 Å². The highest BCUT2D eigenvalue weighted by Gasteiger charge is 2.40. The number of halogens is 3. The molecule has 1 aliphatic rings. The smallest absolute Gasteiger partial charge is 0.416 e. The largest absolute Gasteiger partial charge is 0.494 e. The molecule has 3 aromatic rings. The van der Waals surface area contributed by atoms with Gasteiger partial charge in [0.1, 0.15) is 0 Å². The van der Waals surface area contributed by atoms with E-state index in [-0.39, 0.29) is 45.4 Å².